The number of carbonyl (C=O) groups excluding carboxylic acids is 2. The Morgan fingerprint density at radius 2 is 1.86 bits per heavy atom. The number of nitrogens with two attached hydrogens (primary N) is 1. The Labute approximate surface area is 129 Å². The number of carbonyl (C=O) groups is 2. The summed E-state index contributed by atoms with van der Waals surface area (Å²) < 4.78 is 9.69. The molecule has 0 heterocycles. The first kappa shape index (κ1) is 17.8. The molecule has 7 nitrogen and oxygen atoms in total. The van der Waals surface area contributed by atoms with Crippen LogP contribution in [0.3, 0.4) is 0 Å². The second kappa shape index (κ2) is 7.13. The van der Waals surface area contributed by atoms with Crippen molar-refractivity contribution in [1.29, 1.82) is 0 Å². The van der Waals surface area contributed by atoms with Crippen molar-refractivity contribution in [2.45, 2.75) is 38.5 Å². The van der Waals surface area contributed by atoms with Gasteiger partial charge in [-0.15, -0.1) is 0 Å². The number of para-hydroxylation sites is 1. The maximum Gasteiger partial charge on any atom is 0.408 e. The second-order valence-electron chi connectivity index (χ2n) is 5.72. The molecule has 22 heavy (non-hydrogen) atoms. The monoisotopic (exact) mass is 310 g/mol. The van der Waals surface area contributed by atoms with Crippen molar-refractivity contribution in [3.63, 3.8) is 0 Å². The van der Waals surface area contributed by atoms with Gasteiger partial charge in [-0.05, 0) is 26.8 Å². The number of hydrogen-bond acceptors (Lipinski definition) is 6. The van der Waals surface area contributed by atoms with Crippen molar-refractivity contribution in [3.8, 4) is 0 Å². The number of ether oxygens (including phenoxy) is 2. The molecule has 2 atom stereocenters. The van der Waals surface area contributed by atoms with Crippen LogP contribution in [0.1, 0.15) is 32.4 Å². The quantitative estimate of drug-likeness (QED) is 0.572. The zero-order chi connectivity index (χ0) is 16.9. The van der Waals surface area contributed by atoms with E-state index >= 15 is 0 Å². The van der Waals surface area contributed by atoms with E-state index in [9.17, 15) is 14.7 Å². The number of anilines is 1. The number of amides is 1. The molecule has 7 heteroatoms. The molecular formula is C15H22N2O5. The van der Waals surface area contributed by atoms with Gasteiger partial charge in [0.15, 0.2) is 6.04 Å². The van der Waals surface area contributed by atoms with Crippen LogP contribution in [-0.4, -0.2) is 35.9 Å². The lowest BCUT2D eigenvalue weighted by Gasteiger charge is -2.25. The van der Waals surface area contributed by atoms with Gasteiger partial charge in [-0.3, -0.25) is 0 Å². The van der Waals surface area contributed by atoms with Crippen LogP contribution in [0, 0.1) is 0 Å². The highest BCUT2D eigenvalue weighted by atomic mass is 16.6. The molecule has 0 aliphatic heterocycles. The molecule has 1 aromatic rings. The molecule has 0 spiro atoms. The summed E-state index contributed by atoms with van der Waals surface area (Å²) in [6, 6.07) is 5.17. The Balaban J connectivity index is 2.96. The summed E-state index contributed by atoms with van der Waals surface area (Å²) in [5, 5.41) is 12.7. The highest BCUT2D eigenvalue weighted by Gasteiger charge is 2.33. The normalized spacial score (nSPS) is 13.9. The SMILES string of the molecule is COC(=O)[C@H](NC(=O)OC(C)(C)C)[C@@H](O)c1ccccc1N. The van der Waals surface area contributed by atoms with Gasteiger partial charge in [0.25, 0.3) is 0 Å². The molecule has 0 aliphatic rings. The van der Waals surface area contributed by atoms with E-state index in [0.29, 0.717) is 11.3 Å². The van der Waals surface area contributed by atoms with Crippen LogP contribution in [0.25, 0.3) is 0 Å². The first-order valence-electron chi connectivity index (χ1n) is 6.75. The fourth-order valence-corrected chi connectivity index (χ4v) is 1.79. The molecule has 0 unspecified atom stereocenters. The van der Waals surface area contributed by atoms with Crippen molar-refractivity contribution >= 4 is 17.7 Å². The number of rotatable bonds is 4. The van der Waals surface area contributed by atoms with Crippen LogP contribution in [-0.2, 0) is 14.3 Å². The van der Waals surface area contributed by atoms with E-state index in [-0.39, 0.29) is 0 Å². The van der Waals surface area contributed by atoms with Gasteiger partial charge in [0.05, 0.1) is 7.11 Å². The summed E-state index contributed by atoms with van der Waals surface area (Å²) in [4.78, 5) is 23.7. The Morgan fingerprint density at radius 3 is 2.36 bits per heavy atom. The van der Waals surface area contributed by atoms with E-state index in [1.807, 2.05) is 0 Å². The molecule has 0 saturated heterocycles. The number of methoxy groups -OCH3 is 1. The number of aliphatic hydroxyl groups excluding tert-OH is 1. The number of aliphatic hydroxyl groups is 1. The van der Waals surface area contributed by atoms with Crippen LogP contribution in [0.4, 0.5) is 10.5 Å². The van der Waals surface area contributed by atoms with Crippen molar-refractivity contribution in [3.05, 3.63) is 29.8 Å². The zero-order valence-corrected chi connectivity index (χ0v) is 13.1. The van der Waals surface area contributed by atoms with Crippen LogP contribution in [0.15, 0.2) is 24.3 Å². The largest absolute Gasteiger partial charge is 0.467 e. The lowest BCUT2D eigenvalue weighted by molar-refractivity contribution is -0.146. The summed E-state index contributed by atoms with van der Waals surface area (Å²) in [6.45, 7) is 5.06. The Bertz CT molecular complexity index is 539. The number of alkyl carbamates (subject to hydrolysis) is 1. The van der Waals surface area contributed by atoms with Gasteiger partial charge in [-0.2, -0.15) is 0 Å². The minimum Gasteiger partial charge on any atom is -0.467 e. The van der Waals surface area contributed by atoms with Gasteiger partial charge in [0.2, 0.25) is 0 Å². The van der Waals surface area contributed by atoms with Gasteiger partial charge in [0.1, 0.15) is 11.7 Å². The van der Waals surface area contributed by atoms with Gasteiger partial charge >= 0.3 is 12.1 Å². The van der Waals surface area contributed by atoms with Crippen molar-refractivity contribution in [2.24, 2.45) is 0 Å². The van der Waals surface area contributed by atoms with Gasteiger partial charge in [-0.1, -0.05) is 18.2 Å². The van der Waals surface area contributed by atoms with Crippen LogP contribution >= 0.6 is 0 Å². The third-order valence-electron chi connectivity index (χ3n) is 2.76. The lowest BCUT2D eigenvalue weighted by Crippen LogP contribution is -2.47. The molecule has 1 rings (SSSR count). The number of nitrogen functional groups attached to an aromatic ring is 1. The van der Waals surface area contributed by atoms with Crippen LogP contribution in [0.5, 0.6) is 0 Å². The third-order valence-corrected chi connectivity index (χ3v) is 2.76. The third kappa shape index (κ3) is 4.92. The molecular weight excluding hydrogens is 288 g/mol. The number of esters is 1. The second-order valence-corrected chi connectivity index (χ2v) is 5.72. The van der Waals surface area contributed by atoms with E-state index in [1.165, 1.54) is 0 Å². The molecule has 0 fully saturated rings. The molecule has 0 saturated carbocycles. The lowest BCUT2D eigenvalue weighted by atomic mass is 10.0. The summed E-state index contributed by atoms with van der Waals surface area (Å²) in [5.74, 6) is -0.804. The Hall–Kier alpha value is -2.28. The highest BCUT2D eigenvalue weighted by molar-refractivity contribution is 5.82. The number of nitrogens with one attached hydrogen (secondary N) is 1. The maximum atomic E-state index is 11.8. The van der Waals surface area contributed by atoms with E-state index < -0.39 is 29.8 Å². The van der Waals surface area contributed by atoms with Crippen molar-refractivity contribution in [1.82, 2.24) is 5.32 Å². The minimum absolute atomic E-state index is 0.301. The van der Waals surface area contributed by atoms with Crippen LogP contribution in [0.2, 0.25) is 0 Å². The Morgan fingerprint density at radius 1 is 1.27 bits per heavy atom. The van der Waals surface area contributed by atoms with E-state index in [2.05, 4.69) is 10.1 Å². The molecule has 1 aromatic carbocycles. The fraction of sp³-hybridized carbons (Fsp3) is 0.467. The van der Waals surface area contributed by atoms with E-state index in [0.717, 1.165) is 7.11 Å². The van der Waals surface area contributed by atoms with Gasteiger partial charge < -0.3 is 25.6 Å². The summed E-state index contributed by atoms with van der Waals surface area (Å²) in [5.41, 5.74) is 5.66. The minimum atomic E-state index is -1.36. The number of hydrogen-bond donors (Lipinski definition) is 3. The zero-order valence-electron chi connectivity index (χ0n) is 13.1. The van der Waals surface area contributed by atoms with Crippen molar-refractivity contribution in [2.75, 3.05) is 12.8 Å². The average Bonchev–Trinajstić information content (AvgIpc) is 2.42. The molecule has 4 N–H and O–H groups in total. The molecule has 0 aliphatic carbocycles. The Kier molecular flexibility index (Phi) is 5.76. The van der Waals surface area contributed by atoms with Crippen LogP contribution < -0.4 is 11.1 Å². The highest BCUT2D eigenvalue weighted by Crippen LogP contribution is 2.23. The smallest absolute Gasteiger partial charge is 0.408 e. The fourth-order valence-electron chi connectivity index (χ4n) is 1.79. The first-order chi connectivity index (χ1) is 10.2. The molecule has 0 radical (unpaired) electrons. The summed E-state index contributed by atoms with van der Waals surface area (Å²) >= 11 is 0. The maximum absolute atomic E-state index is 11.8. The van der Waals surface area contributed by atoms with Gasteiger partial charge in [-0.25, -0.2) is 9.59 Å². The first-order valence-corrected chi connectivity index (χ1v) is 6.75. The molecule has 0 bridgehead atoms. The molecule has 122 valence electrons. The van der Waals surface area contributed by atoms with E-state index in [4.69, 9.17) is 10.5 Å². The number of benzene rings is 1. The predicted octanol–water partition coefficient (Wildman–Crippen LogP) is 1.37. The van der Waals surface area contributed by atoms with E-state index in [1.54, 1.807) is 45.0 Å². The standard InChI is InChI=1S/C15H22N2O5/c1-15(2,3)22-14(20)17-11(13(19)21-4)12(18)9-7-5-6-8-10(9)16/h5-8,11-12,18H,16H2,1-4H3,(H,17,20)/t11-,12+/m1/s1. The predicted molar refractivity (Wildman–Crippen MR) is 81.0 cm³/mol. The van der Waals surface area contributed by atoms with Crippen molar-refractivity contribution < 1.29 is 24.2 Å². The van der Waals surface area contributed by atoms with Gasteiger partial charge in [0, 0.05) is 11.3 Å². The topological polar surface area (TPSA) is 111 Å². The summed E-state index contributed by atoms with van der Waals surface area (Å²) in [6.07, 6.45) is -2.20. The molecule has 0 aromatic heterocycles. The summed E-state index contributed by atoms with van der Waals surface area (Å²) in [7, 11) is 1.16. The average molecular weight is 310 g/mol. The molecule has 1 amide bonds.